The first-order chi connectivity index (χ1) is 6.38. The predicted octanol–water partition coefficient (Wildman–Crippen LogP) is 1.64. The van der Waals surface area contributed by atoms with Crippen LogP contribution in [-0.2, 0) is 0 Å². The molecule has 1 atom stereocenters. The van der Waals surface area contributed by atoms with Crippen molar-refractivity contribution in [2.45, 2.75) is 25.8 Å². The van der Waals surface area contributed by atoms with E-state index in [0.29, 0.717) is 0 Å². The summed E-state index contributed by atoms with van der Waals surface area (Å²) in [7, 11) is 1.26. The lowest BCUT2D eigenvalue weighted by molar-refractivity contribution is 0.868. The van der Waals surface area contributed by atoms with E-state index in [-0.39, 0.29) is 0 Å². The van der Waals surface area contributed by atoms with Gasteiger partial charge in [-0.15, -0.1) is 0 Å². The molecule has 0 aliphatic rings. The highest BCUT2D eigenvalue weighted by atomic mass is 28.3. The molecule has 1 nitrogen and oxygen atoms in total. The van der Waals surface area contributed by atoms with Crippen LogP contribution in [-0.4, -0.2) is 16.0 Å². The molecule has 0 aliphatic carbocycles. The average Bonchev–Trinajstić information content (AvgIpc) is 2.21. The highest BCUT2D eigenvalue weighted by Gasteiger charge is 2.09. The summed E-state index contributed by atoms with van der Waals surface area (Å²) in [6, 6.07) is 12.2. The minimum absolute atomic E-state index is 0.839. The van der Waals surface area contributed by atoms with Crippen molar-refractivity contribution in [3.8, 4) is 0 Å². The second kappa shape index (κ2) is 5.94. The molecule has 72 valence electrons. The first kappa shape index (κ1) is 10.5. The highest BCUT2D eigenvalue weighted by Crippen LogP contribution is 1.99. The van der Waals surface area contributed by atoms with Crippen LogP contribution in [0.15, 0.2) is 30.3 Å². The summed E-state index contributed by atoms with van der Waals surface area (Å²) in [6.45, 7) is 2.26. The molecule has 0 radical (unpaired) electrons. The normalized spacial score (nSPS) is 12.8. The molecule has 0 heterocycles. The number of rotatable bonds is 5. The SMILES string of the molecule is CCCC[SiH](NC)c1ccccc1. The maximum absolute atomic E-state index is 3.49. The zero-order chi connectivity index (χ0) is 9.52. The summed E-state index contributed by atoms with van der Waals surface area (Å²) in [5, 5.41) is 1.54. The lowest BCUT2D eigenvalue weighted by Crippen LogP contribution is -2.42. The molecule has 13 heavy (non-hydrogen) atoms. The van der Waals surface area contributed by atoms with Crippen molar-refractivity contribution in [2.24, 2.45) is 0 Å². The fourth-order valence-electron chi connectivity index (χ4n) is 1.57. The summed E-state index contributed by atoms with van der Waals surface area (Å²) in [5.74, 6) is 0. The van der Waals surface area contributed by atoms with Crippen molar-refractivity contribution in [1.29, 1.82) is 0 Å². The van der Waals surface area contributed by atoms with Crippen molar-refractivity contribution in [2.75, 3.05) is 7.05 Å². The first-order valence-corrected chi connectivity index (χ1v) is 7.07. The number of unbranched alkanes of at least 4 members (excludes halogenated alkanes) is 1. The third-order valence-electron chi connectivity index (χ3n) is 2.40. The van der Waals surface area contributed by atoms with Gasteiger partial charge in [0.05, 0.1) is 0 Å². The monoisotopic (exact) mass is 193 g/mol. The second-order valence-corrected chi connectivity index (χ2v) is 6.32. The van der Waals surface area contributed by atoms with Crippen LogP contribution in [0.5, 0.6) is 0 Å². The van der Waals surface area contributed by atoms with Gasteiger partial charge in [0, 0.05) is 0 Å². The molecule has 1 aromatic carbocycles. The molecule has 1 unspecified atom stereocenters. The van der Waals surface area contributed by atoms with E-state index in [1.807, 2.05) is 0 Å². The lowest BCUT2D eigenvalue weighted by atomic mass is 10.4. The molecule has 1 N–H and O–H groups in total. The Morgan fingerprint density at radius 1 is 1.23 bits per heavy atom. The zero-order valence-corrected chi connectivity index (χ0v) is 9.74. The summed E-state index contributed by atoms with van der Waals surface area (Å²) in [5.41, 5.74) is 0. The smallest absolute Gasteiger partial charge is 0.140 e. The van der Waals surface area contributed by atoms with Gasteiger partial charge < -0.3 is 4.98 Å². The fraction of sp³-hybridized carbons (Fsp3) is 0.455. The van der Waals surface area contributed by atoms with E-state index in [9.17, 15) is 0 Å². The number of benzene rings is 1. The minimum atomic E-state index is -0.839. The van der Waals surface area contributed by atoms with Crippen molar-refractivity contribution in [1.82, 2.24) is 4.98 Å². The van der Waals surface area contributed by atoms with Crippen LogP contribution < -0.4 is 10.2 Å². The number of nitrogens with one attached hydrogen (secondary N) is 1. The van der Waals surface area contributed by atoms with Crippen molar-refractivity contribution in [3.63, 3.8) is 0 Å². The maximum Gasteiger partial charge on any atom is 0.140 e. The van der Waals surface area contributed by atoms with Gasteiger partial charge in [0.1, 0.15) is 8.96 Å². The van der Waals surface area contributed by atoms with Gasteiger partial charge in [-0.25, -0.2) is 0 Å². The van der Waals surface area contributed by atoms with Crippen molar-refractivity contribution >= 4 is 14.1 Å². The molecule has 0 aromatic heterocycles. The van der Waals surface area contributed by atoms with Gasteiger partial charge in [-0.2, -0.15) is 0 Å². The maximum atomic E-state index is 3.49. The van der Waals surface area contributed by atoms with Gasteiger partial charge in [0.25, 0.3) is 0 Å². The second-order valence-electron chi connectivity index (χ2n) is 3.39. The molecule has 2 heteroatoms. The number of hydrogen-bond acceptors (Lipinski definition) is 1. The van der Waals surface area contributed by atoms with E-state index in [1.54, 1.807) is 5.19 Å². The van der Waals surface area contributed by atoms with Crippen LogP contribution in [0.4, 0.5) is 0 Å². The van der Waals surface area contributed by atoms with E-state index in [0.717, 1.165) is 0 Å². The van der Waals surface area contributed by atoms with Gasteiger partial charge in [-0.3, -0.25) is 0 Å². The highest BCUT2D eigenvalue weighted by molar-refractivity contribution is 6.70. The fourth-order valence-corrected chi connectivity index (χ4v) is 4.03. The van der Waals surface area contributed by atoms with E-state index in [2.05, 4.69) is 49.3 Å². The molecule has 0 aliphatic heterocycles. The Kier molecular flexibility index (Phi) is 4.79. The molecule has 0 amide bonds. The molecule has 1 rings (SSSR count). The predicted molar refractivity (Wildman–Crippen MR) is 62.0 cm³/mol. The molecule has 1 aromatic rings. The van der Waals surface area contributed by atoms with Crippen LogP contribution in [0, 0.1) is 0 Å². The topological polar surface area (TPSA) is 12.0 Å². The average molecular weight is 193 g/mol. The third kappa shape index (κ3) is 3.33. The van der Waals surface area contributed by atoms with Gasteiger partial charge in [-0.1, -0.05) is 50.1 Å². The van der Waals surface area contributed by atoms with Crippen molar-refractivity contribution in [3.05, 3.63) is 30.3 Å². The zero-order valence-electron chi connectivity index (χ0n) is 8.59. The molecule has 0 spiro atoms. The number of hydrogen-bond donors (Lipinski definition) is 1. The van der Waals surface area contributed by atoms with Gasteiger partial charge in [0.15, 0.2) is 0 Å². The Balaban J connectivity index is 2.56. The summed E-state index contributed by atoms with van der Waals surface area (Å²) < 4.78 is 0. The quantitative estimate of drug-likeness (QED) is 0.701. The van der Waals surface area contributed by atoms with Crippen LogP contribution >= 0.6 is 0 Å². The Labute approximate surface area is 82.9 Å². The van der Waals surface area contributed by atoms with Crippen molar-refractivity contribution < 1.29 is 0 Å². The first-order valence-electron chi connectivity index (χ1n) is 5.10. The lowest BCUT2D eigenvalue weighted by Gasteiger charge is -2.13. The van der Waals surface area contributed by atoms with E-state index >= 15 is 0 Å². The summed E-state index contributed by atoms with van der Waals surface area (Å²) >= 11 is 0. The van der Waals surface area contributed by atoms with Crippen LogP contribution in [0.2, 0.25) is 6.04 Å². The molecule has 0 bridgehead atoms. The standard InChI is InChI=1S/C11H19NSi/c1-3-4-10-13(12-2)11-8-6-5-7-9-11/h5-9,12-13H,3-4,10H2,1-2H3. The Hall–Kier alpha value is -0.603. The van der Waals surface area contributed by atoms with Gasteiger partial charge in [0.2, 0.25) is 0 Å². The largest absolute Gasteiger partial charge is 0.339 e. The molecular weight excluding hydrogens is 174 g/mol. The molecular formula is C11H19NSi. The van der Waals surface area contributed by atoms with Crippen LogP contribution in [0.1, 0.15) is 19.8 Å². The van der Waals surface area contributed by atoms with E-state index < -0.39 is 8.96 Å². The summed E-state index contributed by atoms with van der Waals surface area (Å²) in [6.07, 6.45) is 2.66. The van der Waals surface area contributed by atoms with E-state index in [1.165, 1.54) is 18.9 Å². The van der Waals surface area contributed by atoms with E-state index in [4.69, 9.17) is 0 Å². The Morgan fingerprint density at radius 2 is 1.92 bits per heavy atom. The van der Waals surface area contributed by atoms with Crippen LogP contribution in [0.3, 0.4) is 0 Å². The molecule has 0 saturated carbocycles. The molecule has 0 fully saturated rings. The molecule has 0 saturated heterocycles. The Bertz CT molecular complexity index is 223. The van der Waals surface area contributed by atoms with Gasteiger partial charge >= 0.3 is 0 Å². The third-order valence-corrected chi connectivity index (χ3v) is 5.27. The minimum Gasteiger partial charge on any atom is -0.339 e. The summed E-state index contributed by atoms with van der Waals surface area (Å²) in [4.78, 5) is 3.49. The van der Waals surface area contributed by atoms with Gasteiger partial charge in [-0.05, 0) is 18.3 Å². The van der Waals surface area contributed by atoms with Crippen LogP contribution in [0.25, 0.3) is 0 Å². The Morgan fingerprint density at radius 3 is 2.46 bits per heavy atom.